The second-order valence-corrected chi connectivity index (χ2v) is 8.64. The zero-order valence-corrected chi connectivity index (χ0v) is 16.4. The van der Waals surface area contributed by atoms with Gasteiger partial charge in [0, 0.05) is 36.3 Å². The summed E-state index contributed by atoms with van der Waals surface area (Å²) in [6.45, 7) is 2.35. The number of carbonyl (C=O) groups is 1. The number of nitrogens with one attached hydrogen (secondary N) is 2. The molecule has 5 rings (SSSR count). The van der Waals surface area contributed by atoms with E-state index in [-0.39, 0.29) is 17.8 Å². The average Bonchev–Trinajstić information content (AvgIpc) is 3.12. The SMILES string of the molecule is CN1CC2(CCC(NC(=O)c3n[nH]c4ccc(-c5cncc(F)c5)cc34)CC2)C1. The highest BCUT2D eigenvalue weighted by Crippen LogP contribution is 2.43. The van der Waals surface area contributed by atoms with Crippen molar-refractivity contribution in [1.82, 2.24) is 25.4 Å². The van der Waals surface area contributed by atoms with Crippen LogP contribution in [0.1, 0.15) is 36.2 Å². The first kappa shape index (κ1) is 18.2. The van der Waals surface area contributed by atoms with Crippen LogP contribution in [-0.2, 0) is 0 Å². The lowest BCUT2D eigenvalue weighted by atomic mass is 9.67. The summed E-state index contributed by atoms with van der Waals surface area (Å²) in [6, 6.07) is 7.22. The standard InChI is InChI=1S/C22H24FN5O/c1-28-12-22(13-28)6-4-17(5-7-22)25-21(29)20-18-9-14(2-3-19(18)26-27-20)15-8-16(23)11-24-10-15/h2-3,8-11,17H,4-7,12-13H2,1H3,(H,25,29)(H,26,27). The van der Waals surface area contributed by atoms with E-state index in [9.17, 15) is 9.18 Å². The van der Waals surface area contributed by atoms with Gasteiger partial charge in [-0.15, -0.1) is 0 Å². The Morgan fingerprint density at radius 2 is 2.00 bits per heavy atom. The average molecular weight is 393 g/mol. The van der Waals surface area contributed by atoms with E-state index >= 15 is 0 Å². The highest BCUT2D eigenvalue weighted by molar-refractivity contribution is 6.05. The van der Waals surface area contributed by atoms with Crippen LogP contribution in [0.2, 0.25) is 0 Å². The molecule has 0 bridgehead atoms. The highest BCUT2D eigenvalue weighted by atomic mass is 19.1. The summed E-state index contributed by atoms with van der Waals surface area (Å²) < 4.78 is 13.5. The molecular formula is C22H24FN5O. The highest BCUT2D eigenvalue weighted by Gasteiger charge is 2.43. The van der Waals surface area contributed by atoms with Crippen LogP contribution in [0.4, 0.5) is 4.39 Å². The van der Waals surface area contributed by atoms with Crippen LogP contribution in [-0.4, -0.2) is 52.2 Å². The molecule has 0 radical (unpaired) electrons. The first-order valence-electron chi connectivity index (χ1n) is 10.1. The van der Waals surface area contributed by atoms with Gasteiger partial charge in [0.05, 0.1) is 11.7 Å². The first-order chi connectivity index (χ1) is 14.0. The summed E-state index contributed by atoms with van der Waals surface area (Å²) >= 11 is 0. The van der Waals surface area contributed by atoms with Crippen molar-refractivity contribution in [3.63, 3.8) is 0 Å². The zero-order valence-electron chi connectivity index (χ0n) is 16.4. The molecule has 1 aromatic carbocycles. The zero-order chi connectivity index (χ0) is 20.0. The number of fused-ring (bicyclic) bond motifs is 1. The van der Waals surface area contributed by atoms with E-state index in [1.54, 1.807) is 6.20 Å². The normalized spacial score (nSPS) is 19.4. The molecule has 2 aromatic heterocycles. The fourth-order valence-corrected chi connectivity index (χ4v) is 4.98. The number of aromatic amines is 1. The lowest BCUT2D eigenvalue weighted by Crippen LogP contribution is -2.57. The number of H-pyrrole nitrogens is 1. The first-order valence-corrected chi connectivity index (χ1v) is 10.1. The van der Waals surface area contributed by atoms with E-state index in [0.29, 0.717) is 16.7 Å². The van der Waals surface area contributed by atoms with E-state index in [1.807, 2.05) is 18.2 Å². The van der Waals surface area contributed by atoms with E-state index < -0.39 is 0 Å². The summed E-state index contributed by atoms with van der Waals surface area (Å²) in [5.41, 5.74) is 3.11. The van der Waals surface area contributed by atoms with E-state index in [4.69, 9.17) is 0 Å². The van der Waals surface area contributed by atoms with Gasteiger partial charge in [0.1, 0.15) is 5.82 Å². The van der Waals surface area contributed by atoms with Crippen molar-refractivity contribution in [1.29, 1.82) is 0 Å². The van der Waals surface area contributed by atoms with Crippen LogP contribution >= 0.6 is 0 Å². The van der Waals surface area contributed by atoms with Gasteiger partial charge >= 0.3 is 0 Å². The third-order valence-electron chi connectivity index (χ3n) is 6.41. The van der Waals surface area contributed by atoms with Crippen molar-refractivity contribution in [2.24, 2.45) is 5.41 Å². The molecule has 0 unspecified atom stereocenters. The molecule has 1 saturated heterocycles. The molecular weight excluding hydrogens is 369 g/mol. The van der Waals surface area contributed by atoms with Gasteiger partial charge in [0.15, 0.2) is 5.69 Å². The molecule has 1 saturated carbocycles. The maximum atomic E-state index is 13.5. The van der Waals surface area contributed by atoms with Crippen LogP contribution in [0.25, 0.3) is 22.0 Å². The number of hydrogen-bond donors (Lipinski definition) is 2. The van der Waals surface area contributed by atoms with Gasteiger partial charge in [-0.1, -0.05) is 6.07 Å². The van der Waals surface area contributed by atoms with E-state index in [0.717, 1.165) is 29.3 Å². The van der Waals surface area contributed by atoms with Crippen molar-refractivity contribution >= 4 is 16.8 Å². The topological polar surface area (TPSA) is 73.9 Å². The van der Waals surface area contributed by atoms with Crippen LogP contribution in [0, 0.1) is 11.2 Å². The van der Waals surface area contributed by atoms with Gasteiger partial charge in [-0.05, 0) is 61.9 Å². The predicted octanol–water partition coefficient (Wildman–Crippen LogP) is 3.37. The van der Waals surface area contributed by atoms with Crippen molar-refractivity contribution in [3.8, 4) is 11.1 Å². The summed E-state index contributed by atoms with van der Waals surface area (Å²) in [5, 5.41) is 11.1. The number of aromatic nitrogens is 3. The van der Waals surface area contributed by atoms with Gasteiger partial charge in [-0.3, -0.25) is 14.9 Å². The molecule has 29 heavy (non-hydrogen) atoms. The Hall–Kier alpha value is -2.80. The minimum absolute atomic E-state index is 0.155. The summed E-state index contributed by atoms with van der Waals surface area (Å²) in [6.07, 6.45) is 7.15. The van der Waals surface area contributed by atoms with Crippen LogP contribution in [0.3, 0.4) is 0 Å². The number of halogens is 1. The van der Waals surface area contributed by atoms with Crippen LogP contribution in [0.15, 0.2) is 36.7 Å². The van der Waals surface area contributed by atoms with E-state index in [1.165, 1.54) is 38.2 Å². The smallest absolute Gasteiger partial charge is 0.272 e. The lowest BCUT2D eigenvalue weighted by molar-refractivity contribution is -0.0156. The second-order valence-electron chi connectivity index (χ2n) is 8.64. The third kappa shape index (κ3) is 3.40. The van der Waals surface area contributed by atoms with Crippen molar-refractivity contribution in [2.75, 3.05) is 20.1 Å². The predicted molar refractivity (Wildman–Crippen MR) is 109 cm³/mol. The Bertz CT molecular complexity index is 1060. The van der Waals surface area contributed by atoms with Gasteiger partial charge in [-0.25, -0.2) is 4.39 Å². The Kier molecular flexibility index (Phi) is 4.35. The van der Waals surface area contributed by atoms with Gasteiger partial charge in [0.25, 0.3) is 5.91 Å². The largest absolute Gasteiger partial charge is 0.348 e. The second kappa shape index (κ2) is 6.91. The van der Waals surface area contributed by atoms with E-state index in [2.05, 4.69) is 32.4 Å². The molecule has 2 fully saturated rings. The molecule has 150 valence electrons. The Labute approximate surface area is 168 Å². The molecule has 7 heteroatoms. The minimum Gasteiger partial charge on any atom is -0.348 e. The maximum absolute atomic E-state index is 13.5. The molecule has 6 nitrogen and oxygen atoms in total. The molecule has 1 aliphatic heterocycles. The number of rotatable bonds is 3. The number of carbonyl (C=O) groups excluding carboxylic acids is 1. The number of amides is 1. The number of nitrogens with zero attached hydrogens (tertiary/aromatic N) is 3. The molecule has 1 aliphatic carbocycles. The van der Waals surface area contributed by atoms with Crippen molar-refractivity contribution < 1.29 is 9.18 Å². The fourth-order valence-electron chi connectivity index (χ4n) is 4.98. The number of pyridine rings is 1. The van der Waals surface area contributed by atoms with Crippen molar-refractivity contribution in [2.45, 2.75) is 31.7 Å². The summed E-state index contributed by atoms with van der Waals surface area (Å²) in [5.74, 6) is -0.544. The number of benzene rings is 1. The van der Waals surface area contributed by atoms with Gasteiger partial charge in [-0.2, -0.15) is 5.10 Å². The molecule has 2 aliphatic rings. The van der Waals surface area contributed by atoms with Gasteiger partial charge in [0.2, 0.25) is 0 Å². The van der Waals surface area contributed by atoms with Crippen molar-refractivity contribution in [3.05, 3.63) is 48.2 Å². The monoisotopic (exact) mass is 393 g/mol. The van der Waals surface area contributed by atoms with Crippen LogP contribution < -0.4 is 5.32 Å². The molecule has 2 N–H and O–H groups in total. The van der Waals surface area contributed by atoms with Gasteiger partial charge < -0.3 is 10.2 Å². The lowest BCUT2D eigenvalue weighted by Gasteiger charge is -2.52. The Balaban J connectivity index is 1.33. The van der Waals surface area contributed by atoms with Crippen LogP contribution in [0.5, 0.6) is 0 Å². The molecule has 1 amide bonds. The third-order valence-corrected chi connectivity index (χ3v) is 6.41. The number of likely N-dealkylation sites (tertiary alicyclic amines) is 1. The molecule has 0 atom stereocenters. The quantitative estimate of drug-likeness (QED) is 0.716. The molecule has 3 heterocycles. The molecule has 1 spiro atoms. The summed E-state index contributed by atoms with van der Waals surface area (Å²) in [4.78, 5) is 19.2. The summed E-state index contributed by atoms with van der Waals surface area (Å²) in [7, 11) is 2.16. The molecule has 3 aromatic rings. The Morgan fingerprint density at radius 3 is 2.72 bits per heavy atom. The minimum atomic E-state index is -0.388. The number of hydrogen-bond acceptors (Lipinski definition) is 4. The Morgan fingerprint density at radius 1 is 1.21 bits per heavy atom. The fraction of sp³-hybridized carbons (Fsp3) is 0.409. The maximum Gasteiger partial charge on any atom is 0.272 e.